The van der Waals surface area contributed by atoms with E-state index in [9.17, 15) is 24.0 Å². The minimum atomic E-state index is -0.921. The van der Waals surface area contributed by atoms with Gasteiger partial charge in [0.25, 0.3) is 5.91 Å². The highest BCUT2D eigenvalue weighted by atomic mass is 16.6. The van der Waals surface area contributed by atoms with Crippen LogP contribution in [0.5, 0.6) is 0 Å². The van der Waals surface area contributed by atoms with E-state index in [0.717, 1.165) is 16.5 Å². The average Bonchev–Trinajstić information content (AvgIpc) is 3.03. The zero-order valence-corrected chi connectivity index (χ0v) is 30.3. The van der Waals surface area contributed by atoms with Crippen molar-refractivity contribution in [2.24, 2.45) is 11.3 Å². The molecule has 4 N–H and O–H groups in total. The lowest BCUT2D eigenvalue weighted by atomic mass is 9.92. The van der Waals surface area contributed by atoms with Crippen LogP contribution in [-0.4, -0.2) is 77.2 Å². The van der Waals surface area contributed by atoms with Crippen LogP contribution in [0.15, 0.2) is 36.4 Å². The molecule has 0 radical (unpaired) electrons. The second kappa shape index (κ2) is 16.3. The molecule has 49 heavy (non-hydrogen) atoms. The van der Waals surface area contributed by atoms with Crippen molar-refractivity contribution < 1.29 is 33.4 Å². The van der Waals surface area contributed by atoms with E-state index in [4.69, 9.17) is 14.5 Å². The largest absolute Gasteiger partial charge is 0.468 e. The first-order valence-electron chi connectivity index (χ1n) is 16.7. The van der Waals surface area contributed by atoms with E-state index in [1.165, 1.54) is 12.1 Å². The number of carbonyl (C=O) groups excluding carboxylic acids is 5. The Hall–Kier alpha value is -4.52. The lowest BCUT2D eigenvalue weighted by Gasteiger charge is -2.35. The number of hydrogen-bond donors (Lipinski definition) is 4. The van der Waals surface area contributed by atoms with Crippen molar-refractivity contribution in [3.05, 3.63) is 47.7 Å². The SMILES string of the molecule is COC(=O)C(C)(C)C=Cc1ccc2ccc(C(C)NC(=O)C3CCCN(C(=O)C(C)NC(=O)C(NC(=O)OC(C)(C)C)C(C)C)N3)nc2c1. The van der Waals surface area contributed by atoms with Gasteiger partial charge in [-0.3, -0.25) is 29.2 Å². The fraction of sp³-hybridized carbons (Fsp3) is 0.556. The molecular formula is C36H52N6O7. The number of pyridine rings is 1. The molecule has 1 aliphatic rings. The van der Waals surface area contributed by atoms with Crippen molar-refractivity contribution in [2.75, 3.05) is 13.7 Å². The molecule has 13 heteroatoms. The molecule has 2 aromatic rings. The summed E-state index contributed by atoms with van der Waals surface area (Å²) in [5, 5.41) is 10.6. The Bertz CT molecular complexity index is 1560. The topological polar surface area (TPSA) is 168 Å². The van der Waals surface area contributed by atoms with Crippen molar-refractivity contribution in [2.45, 2.75) is 105 Å². The Morgan fingerprint density at radius 2 is 1.65 bits per heavy atom. The number of aromatic nitrogens is 1. The Labute approximate surface area is 288 Å². The predicted octanol–water partition coefficient (Wildman–Crippen LogP) is 4.17. The van der Waals surface area contributed by atoms with Gasteiger partial charge in [-0.25, -0.2) is 10.2 Å². The van der Waals surface area contributed by atoms with E-state index in [1.54, 1.807) is 61.5 Å². The van der Waals surface area contributed by atoms with Gasteiger partial charge in [-0.15, -0.1) is 0 Å². The number of ether oxygens (including phenoxy) is 2. The maximum Gasteiger partial charge on any atom is 0.408 e. The molecule has 1 aromatic heterocycles. The Balaban J connectivity index is 1.62. The summed E-state index contributed by atoms with van der Waals surface area (Å²) in [6.07, 6.45) is 4.02. The molecule has 0 bridgehead atoms. The fourth-order valence-corrected chi connectivity index (χ4v) is 5.22. The number of hydrogen-bond acceptors (Lipinski definition) is 9. The number of methoxy groups -OCH3 is 1. The Kier molecular flexibility index (Phi) is 12.9. The number of carbonyl (C=O) groups is 5. The second-order valence-corrected chi connectivity index (χ2v) is 14.4. The number of nitrogens with one attached hydrogen (secondary N) is 4. The van der Waals surface area contributed by atoms with Crippen molar-refractivity contribution in [1.29, 1.82) is 0 Å². The smallest absolute Gasteiger partial charge is 0.408 e. The van der Waals surface area contributed by atoms with Gasteiger partial charge in [0.1, 0.15) is 23.7 Å². The molecule has 0 saturated carbocycles. The van der Waals surface area contributed by atoms with Gasteiger partial charge in [-0.2, -0.15) is 0 Å². The maximum atomic E-state index is 13.3. The molecule has 4 atom stereocenters. The molecule has 4 amide bonds. The standard InChI is InChI=1S/C36H52N6O7/c1-21(2)29(40-34(47)49-35(5,6)7)31(44)38-23(4)32(45)42-19-11-12-27(41-42)30(43)37-22(3)26-16-15-25-14-13-24(20-28(25)39-26)17-18-36(8,9)33(46)48-10/h13-18,20-23,27,29,41H,11-12,19H2,1-10H3,(H,37,43)(H,38,44)(H,40,47). The molecule has 1 aliphatic heterocycles. The van der Waals surface area contributed by atoms with Crippen LogP contribution < -0.4 is 21.4 Å². The summed E-state index contributed by atoms with van der Waals surface area (Å²) in [5.41, 5.74) is 3.77. The van der Waals surface area contributed by atoms with Crippen molar-refractivity contribution in [3.8, 4) is 0 Å². The molecule has 268 valence electrons. The second-order valence-electron chi connectivity index (χ2n) is 14.4. The van der Waals surface area contributed by atoms with E-state index < -0.39 is 53.1 Å². The van der Waals surface area contributed by atoms with Crippen LogP contribution in [0.4, 0.5) is 4.79 Å². The van der Waals surface area contributed by atoms with Gasteiger partial charge >= 0.3 is 12.1 Å². The molecule has 0 aliphatic carbocycles. The van der Waals surface area contributed by atoms with Crippen LogP contribution in [0.3, 0.4) is 0 Å². The van der Waals surface area contributed by atoms with E-state index in [1.807, 2.05) is 43.3 Å². The molecule has 2 heterocycles. The third-order valence-electron chi connectivity index (χ3n) is 8.06. The van der Waals surface area contributed by atoms with Gasteiger partial charge in [0, 0.05) is 11.9 Å². The summed E-state index contributed by atoms with van der Waals surface area (Å²) in [4.78, 5) is 68.8. The molecular weight excluding hydrogens is 628 g/mol. The highest BCUT2D eigenvalue weighted by molar-refractivity contribution is 5.91. The average molecular weight is 681 g/mol. The molecule has 1 aromatic carbocycles. The molecule has 4 unspecified atom stereocenters. The number of rotatable bonds is 11. The van der Waals surface area contributed by atoms with E-state index in [2.05, 4.69) is 21.4 Å². The number of hydrazine groups is 1. The number of benzene rings is 1. The van der Waals surface area contributed by atoms with Gasteiger partial charge in [0.2, 0.25) is 11.8 Å². The third kappa shape index (κ3) is 11.0. The lowest BCUT2D eigenvalue weighted by Crippen LogP contribution is -2.62. The predicted molar refractivity (Wildman–Crippen MR) is 187 cm³/mol. The summed E-state index contributed by atoms with van der Waals surface area (Å²) in [7, 11) is 1.36. The summed E-state index contributed by atoms with van der Waals surface area (Å²) in [6, 6.07) is 6.67. The fourth-order valence-electron chi connectivity index (χ4n) is 5.22. The quantitative estimate of drug-likeness (QED) is 0.255. The van der Waals surface area contributed by atoms with Gasteiger partial charge in [0.15, 0.2) is 0 Å². The third-order valence-corrected chi connectivity index (χ3v) is 8.06. The molecule has 3 rings (SSSR count). The van der Waals surface area contributed by atoms with Crippen molar-refractivity contribution >= 4 is 46.8 Å². The Morgan fingerprint density at radius 3 is 2.29 bits per heavy atom. The van der Waals surface area contributed by atoms with E-state index in [-0.39, 0.29) is 17.8 Å². The summed E-state index contributed by atoms with van der Waals surface area (Å²) >= 11 is 0. The maximum absolute atomic E-state index is 13.3. The van der Waals surface area contributed by atoms with Crippen LogP contribution in [0.25, 0.3) is 17.0 Å². The molecule has 13 nitrogen and oxygen atoms in total. The highest BCUT2D eigenvalue weighted by Crippen LogP contribution is 2.23. The molecule has 0 spiro atoms. The monoisotopic (exact) mass is 680 g/mol. The highest BCUT2D eigenvalue weighted by Gasteiger charge is 2.34. The number of esters is 1. The van der Waals surface area contributed by atoms with Crippen molar-refractivity contribution in [1.82, 2.24) is 31.4 Å². The van der Waals surface area contributed by atoms with Crippen LogP contribution >= 0.6 is 0 Å². The molecule has 1 saturated heterocycles. The van der Waals surface area contributed by atoms with Gasteiger partial charge in [-0.05, 0) is 84.9 Å². The van der Waals surface area contributed by atoms with Gasteiger partial charge in [-0.1, -0.05) is 44.2 Å². The number of amides is 4. The first-order chi connectivity index (χ1) is 22.8. The van der Waals surface area contributed by atoms with Gasteiger partial charge < -0.3 is 25.4 Å². The lowest BCUT2D eigenvalue weighted by molar-refractivity contribution is -0.148. The van der Waals surface area contributed by atoms with Crippen LogP contribution in [0.1, 0.15) is 92.5 Å². The Morgan fingerprint density at radius 1 is 0.980 bits per heavy atom. The zero-order chi connectivity index (χ0) is 36.7. The van der Waals surface area contributed by atoms with Crippen LogP contribution in [-0.2, 0) is 28.7 Å². The van der Waals surface area contributed by atoms with Crippen molar-refractivity contribution in [3.63, 3.8) is 0 Å². The summed E-state index contributed by atoms with van der Waals surface area (Å²) in [5.74, 6) is -1.81. The molecule has 1 fully saturated rings. The zero-order valence-electron chi connectivity index (χ0n) is 30.3. The summed E-state index contributed by atoms with van der Waals surface area (Å²) < 4.78 is 10.2. The van der Waals surface area contributed by atoms with E-state index >= 15 is 0 Å². The normalized spacial score (nSPS) is 17.3. The number of alkyl carbamates (subject to hydrolysis) is 1. The van der Waals surface area contributed by atoms with Gasteiger partial charge in [0.05, 0.1) is 29.8 Å². The number of fused-ring (bicyclic) bond motifs is 1. The first-order valence-corrected chi connectivity index (χ1v) is 16.7. The van der Waals surface area contributed by atoms with Crippen LogP contribution in [0, 0.1) is 11.3 Å². The minimum Gasteiger partial charge on any atom is -0.468 e. The summed E-state index contributed by atoms with van der Waals surface area (Å²) in [6.45, 7) is 16.1. The van der Waals surface area contributed by atoms with E-state index in [0.29, 0.717) is 25.1 Å². The first kappa shape index (κ1) is 38.9. The minimum absolute atomic E-state index is 0.264. The number of nitrogens with zero attached hydrogens (tertiary/aromatic N) is 2. The van der Waals surface area contributed by atoms with Crippen LogP contribution in [0.2, 0.25) is 0 Å².